The third-order valence-electron chi connectivity index (χ3n) is 4.22. The lowest BCUT2D eigenvalue weighted by atomic mass is 9.84. The largest absolute Gasteiger partial charge is 0.341 e. The molecule has 3 nitrogen and oxygen atoms in total. The lowest BCUT2D eigenvalue weighted by Crippen LogP contribution is -2.24. The number of imidazole rings is 1. The van der Waals surface area contributed by atoms with Crippen LogP contribution in [-0.2, 0) is 0 Å². The molecule has 1 atom stereocenters. The van der Waals surface area contributed by atoms with Gasteiger partial charge in [0, 0.05) is 0 Å². The molecule has 0 aliphatic heterocycles. The van der Waals surface area contributed by atoms with Crippen LogP contribution in [0.3, 0.4) is 0 Å². The average molecular weight is 273 g/mol. The Balaban J connectivity index is 1.77. The van der Waals surface area contributed by atoms with Crippen LogP contribution in [0.15, 0.2) is 30.5 Å². The van der Waals surface area contributed by atoms with Crippen molar-refractivity contribution in [3.05, 3.63) is 42.1 Å². The Bertz CT molecular complexity index is 555. The van der Waals surface area contributed by atoms with Gasteiger partial charge in [-0.05, 0) is 48.6 Å². The van der Waals surface area contributed by atoms with Gasteiger partial charge in [0.2, 0.25) is 0 Å². The van der Waals surface area contributed by atoms with Crippen LogP contribution in [-0.4, -0.2) is 9.97 Å². The lowest BCUT2D eigenvalue weighted by molar-refractivity contribution is 0.302. The molecule has 0 saturated heterocycles. The number of aromatic nitrogens is 2. The van der Waals surface area contributed by atoms with Crippen LogP contribution in [0.1, 0.15) is 44.0 Å². The molecule has 0 radical (unpaired) electrons. The van der Waals surface area contributed by atoms with Crippen molar-refractivity contribution in [2.45, 2.75) is 38.1 Å². The highest BCUT2D eigenvalue weighted by Gasteiger charge is 2.23. The molecular weight excluding hydrogens is 253 g/mol. The monoisotopic (exact) mass is 273 g/mol. The molecule has 0 bridgehead atoms. The second kappa shape index (κ2) is 5.75. The maximum Gasteiger partial charge on any atom is 0.123 e. The summed E-state index contributed by atoms with van der Waals surface area (Å²) in [4.78, 5) is 7.70. The zero-order valence-electron chi connectivity index (χ0n) is 11.5. The summed E-state index contributed by atoms with van der Waals surface area (Å²) >= 11 is 0. The van der Waals surface area contributed by atoms with Gasteiger partial charge in [0.05, 0.1) is 17.9 Å². The first-order chi connectivity index (χ1) is 9.74. The highest BCUT2D eigenvalue weighted by Crippen LogP contribution is 2.32. The van der Waals surface area contributed by atoms with E-state index in [1.165, 1.54) is 44.2 Å². The van der Waals surface area contributed by atoms with E-state index in [1.807, 2.05) is 0 Å². The molecule has 1 heterocycles. The summed E-state index contributed by atoms with van der Waals surface area (Å²) < 4.78 is 12.9. The Morgan fingerprint density at radius 1 is 1.15 bits per heavy atom. The highest BCUT2D eigenvalue weighted by molar-refractivity contribution is 5.58. The van der Waals surface area contributed by atoms with Gasteiger partial charge in [-0.2, -0.15) is 0 Å². The van der Waals surface area contributed by atoms with E-state index in [9.17, 15) is 4.39 Å². The number of halogens is 1. The summed E-state index contributed by atoms with van der Waals surface area (Å²) in [5, 5.41) is 0. The molecule has 20 heavy (non-hydrogen) atoms. The summed E-state index contributed by atoms with van der Waals surface area (Å²) in [6, 6.07) is 6.38. The fraction of sp³-hybridized carbons (Fsp3) is 0.438. The number of benzene rings is 1. The number of nitrogens with one attached hydrogen (secondary N) is 1. The van der Waals surface area contributed by atoms with Gasteiger partial charge >= 0.3 is 0 Å². The summed E-state index contributed by atoms with van der Waals surface area (Å²) in [5.74, 6) is 1.14. The molecule has 1 saturated carbocycles. The predicted molar refractivity (Wildman–Crippen MR) is 77.5 cm³/mol. The van der Waals surface area contributed by atoms with Gasteiger partial charge in [-0.3, -0.25) is 0 Å². The zero-order valence-corrected chi connectivity index (χ0v) is 11.5. The minimum Gasteiger partial charge on any atom is -0.341 e. The average Bonchev–Trinajstić information content (AvgIpc) is 2.98. The summed E-state index contributed by atoms with van der Waals surface area (Å²) in [7, 11) is 0. The lowest BCUT2D eigenvalue weighted by Gasteiger charge is -2.26. The van der Waals surface area contributed by atoms with E-state index in [2.05, 4.69) is 9.97 Å². The van der Waals surface area contributed by atoms with Gasteiger partial charge in [-0.15, -0.1) is 0 Å². The molecule has 1 aromatic heterocycles. The third-order valence-corrected chi connectivity index (χ3v) is 4.22. The van der Waals surface area contributed by atoms with Gasteiger partial charge in [0.25, 0.3) is 0 Å². The van der Waals surface area contributed by atoms with E-state index < -0.39 is 0 Å². The van der Waals surface area contributed by atoms with Crippen LogP contribution in [0.2, 0.25) is 0 Å². The number of hydrogen-bond donors (Lipinski definition) is 2. The van der Waals surface area contributed by atoms with Crippen molar-refractivity contribution in [1.29, 1.82) is 0 Å². The molecule has 1 unspecified atom stereocenters. The van der Waals surface area contributed by atoms with Crippen LogP contribution >= 0.6 is 0 Å². The molecule has 0 amide bonds. The van der Waals surface area contributed by atoms with Crippen molar-refractivity contribution in [2.24, 2.45) is 11.7 Å². The Hall–Kier alpha value is -1.68. The third kappa shape index (κ3) is 2.75. The number of nitrogens with zero attached hydrogens (tertiary/aromatic N) is 1. The summed E-state index contributed by atoms with van der Waals surface area (Å²) in [6.45, 7) is 0. The summed E-state index contributed by atoms with van der Waals surface area (Å²) in [5.41, 5.74) is 8.16. The number of aromatic amines is 1. The second-order valence-corrected chi connectivity index (χ2v) is 5.61. The molecule has 0 spiro atoms. The van der Waals surface area contributed by atoms with Crippen molar-refractivity contribution < 1.29 is 4.39 Å². The Morgan fingerprint density at radius 3 is 2.55 bits per heavy atom. The minimum atomic E-state index is -0.229. The van der Waals surface area contributed by atoms with Crippen molar-refractivity contribution >= 4 is 0 Å². The molecule has 3 rings (SSSR count). The molecule has 1 fully saturated rings. The first-order valence-corrected chi connectivity index (χ1v) is 7.30. The van der Waals surface area contributed by atoms with Crippen LogP contribution < -0.4 is 5.73 Å². The van der Waals surface area contributed by atoms with Crippen molar-refractivity contribution in [1.82, 2.24) is 9.97 Å². The molecular formula is C16H20FN3. The first-order valence-electron chi connectivity index (χ1n) is 7.30. The Morgan fingerprint density at radius 2 is 1.85 bits per heavy atom. The highest BCUT2D eigenvalue weighted by atomic mass is 19.1. The number of hydrogen-bond acceptors (Lipinski definition) is 2. The van der Waals surface area contributed by atoms with Crippen LogP contribution in [0.25, 0.3) is 11.3 Å². The minimum absolute atomic E-state index is 0.0236. The Labute approximate surface area is 118 Å². The maximum absolute atomic E-state index is 12.9. The molecule has 3 N–H and O–H groups in total. The fourth-order valence-corrected chi connectivity index (χ4v) is 3.00. The molecule has 4 heteroatoms. The fourth-order valence-electron chi connectivity index (χ4n) is 3.00. The van der Waals surface area contributed by atoms with Gasteiger partial charge < -0.3 is 10.7 Å². The van der Waals surface area contributed by atoms with Crippen LogP contribution in [0, 0.1) is 11.7 Å². The van der Waals surface area contributed by atoms with Gasteiger partial charge in [-0.1, -0.05) is 19.3 Å². The SMILES string of the molecule is NC(c1ncc(-c2ccc(F)cc2)[nH]1)C1CCCCC1. The Kier molecular flexibility index (Phi) is 3.83. The molecule has 1 aliphatic rings. The quantitative estimate of drug-likeness (QED) is 0.893. The molecule has 1 aromatic carbocycles. The first kappa shape index (κ1) is 13.3. The maximum atomic E-state index is 12.9. The topological polar surface area (TPSA) is 54.7 Å². The van der Waals surface area contributed by atoms with Crippen molar-refractivity contribution in [3.8, 4) is 11.3 Å². The number of H-pyrrole nitrogens is 1. The van der Waals surface area contributed by atoms with Crippen LogP contribution in [0.5, 0.6) is 0 Å². The van der Waals surface area contributed by atoms with E-state index in [-0.39, 0.29) is 11.9 Å². The van der Waals surface area contributed by atoms with E-state index in [4.69, 9.17) is 5.73 Å². The number of nitrogens with two attached hydrogens (primary N) is 1. The van der Waals surface area contributed by atoms with Gasteiger partial charge in [0.15, 0.2) is 0 Å². The molecule has 1 aliphatic carbocycles. The van der Waals surface area contributed by atoms with E-state index in [0.29, 0.717) is 5.92 Å². The normalized spacial score (nSPS) is 18.1. The summed E-state index contributed by atoms with van der Waals surface area (Å²) in [6.07, 6.45) is 8.02. The number of rotatable bonds is 3. The van der Waals surface area contributed by atoms with E-state index in [1.54, 1.807) is 18.3 Å². The molecule has 106 valence electrons. The smallest absolute Gasteiger partial charge is 0.123 e. The van der Waals surface area contributed by atoms with E-state index >= 15 is 0 Å². The van der Waals surface area contributed by atoms with Gasteiger partial charge in [0.1, 0.15) is 11.6 Å². The predicted octanol–water partition coefficient (Wildman–Crippen LogP) is 3.80. The molecule has 2 aromatic rings. The standard InChI is InChI=1S/C16H20FN3/c17-13-8-6-11(7-9-13)14-10-19-16(20-14)15(18)12-4-2-1-3-5-12/h6-10,12,15H,1-5,18H2,(H,19,20). The van der Waals surface area contributed by atoms with Crippen molar-refractivity contribution in [3.63, 3.8) is 0 Å². The van der Waals surface area contributed by atoms with Crippen molar-refractivity contribution in [2.75, 3.05) is 0 Å². The second-order valence-electron chi connectivity index (χ2n) is 5.61. The van der Waals surface area contributed by atoms with Crippen LogP contribution in [0.4, 0.5) is 4.39 Å². The van der Waals surface area contributed by atoms with Gasteiger partial charge in [-0.25, -0.2) is 9.37 Å². The zero-order chi connectivity index (χ0) is 13.9. The van der Waals surface area contributed by atoms with E-state index in [0.717, 1.165) is 17.1 Å².